The van der Waals surface area contributed by atoms with E-state index in [4.69, 9.17) is 4.74 Å². The summed E-state index contributed by atoms with van der Waals surface area (Å²) in [6, 6.07) is 17.8. The highest BCUT2D eigenvalue weighted by molar-refractivity contribution is 5.88. The van der Waals surface area contributed by atoms with Crippen molar-refractivity contribution in [2.45, 2.75) is 51.0 Å². The number of hydrogen-bond acceptors (Lipinski definition) is 3. The standard InChI is InChI=1S/C27H31NO3/c1-31-25(29)24(14-18-7-9-23(10-8-18)22-5-3-2-4-6-22)28-26(30)27-15-19-11-20(16-27)13-21(12-19)17-27/h2-10,19-21,24H,11-17H2,1H3,(H,28,30)/t19?,20?,21?,24-,27?/m1/s1. The van der Waals surface area contributed by atoms with Crippen molar-refractivity contribution < 1.29 is 14.3 Å². The van der Waals surface area contributed by atoms with Gasteiger partial charge in [-0.25, -0.2) is 4.79 Å². The average molecular weight is 418 g/mol. The van der Waals surface area contributed by atoms with E-state index in [0.29, 0.717) is 24.2 Å². The highest BCUT2D eigenvalue weighted by Gasteiger charge is 2.55. The number of esters is 1. The van der Waals surface area contributed by atoms with Crippen molar-refractivity contribution in [2.75, 3.05) is 7.11 Å². The van der Waals surface area contributed by atoms with Crippen LogP contribution < -0.4 is 5.32 Å². The molecule has 0 spiro atoms. The predicted octanol–water partition coefficient (Wildman–Crippen LogP) is 4.77. The van der Waals surface area contributed by atoms with E-state index in [1.807, 2.05) is 30.3 Å². The number of benzene rings is 2. The van der Waals surface area contributed by atoms with E-state index in [9.17, 15) is 9.59 Å². The fourth-order valence-electron chi connectivity index (χ4n) is 6.74. The lowest BCUT2D eigenvalue weighted by Crippen LogP contribution is -2.56. The quantitative estimate of drug-likeness (QED) is 0.689. The zero-order chi connectivity index (χ0) is 21.4. The monoisotopic (exact) mass is 417 g/mol. The van der Waals surface area contributed by atoms with Crippen molar-refractivity contribution >= 4 is 11.9 Å². The zero-order valence-corrected chi connectivity index (χ0v) is 18.2. The van der Waals surface area contributed by atoms with Crippen LogP contribution >= 0.6 is 0 Å². The molecule has 1 amide bonds. The van der Waals surface area contributed by atoms with Gasteiger partial charge in [-0.1, -0.05) is 54.6 Å². The number of carbonyl (C=O) groups is 2. The molecule has 4 aliphatic rings. The van der Waals surface area contributed by atoms with Gasteiger partial charge in [-0.05, 0) is 73.0 Å². The van der Waals surface area contributed by atoms with Crippen LogP contribution in [0, 0.1) is 23.2 Å². The number of ether oxygens (including phenoxy) is 1. The molecule has 2 aromatic rings. The summed E-state index contributed by atoms with van der Waals surface area (Å²) in [4.78, 5) is 26.0. The predicted molar refractivity (Wildman–Crippen MR) is 120 cm³/mol. The minimum absolute atomic E-state index is 0.0721. The molecule has 0 aromatic heterocycles. The van der Waals surface area contributed by atoms with Gasteiger partial charge in [-0.3, -0.25) is 4.79 Å². The van der Waals surface area contributed by atoms with E-state index in [2.05, 4.69) is 29.6 Å². The van der Waals surface area contributed by atoms with Crippen LogP contribution in [0.5, 0.6) is 0 Å². The van der Waals surface area contributed by atoms with Crippen LogP contribution in [0.25, 0.3) is 11.1 Å². The van der Waals surface area contributed by atoms with Gasteiger partial charge < -0.3 is 10.1 Å². The summed E-state index contributed by atoms with van der Waals surface area (Å²) in [5.74, 6) is 1.78. The number of methoxy groups -OCH3 is 1. The van der Waals surface area contributed by atoms with Gasteiger partial charge in [0.1, 0.15) is 6.04 Å². The first-order valence-electron chi connectivity index (χ1n) is 11.6. The first kappa shape index (κ1) is 20.3. The minimum atomic E-state index is -0.645. The molecule has 4 fully saturated rings. The summed E-state index contributed by atoms with van der Waals surface area (Å²) in [6.45, 7) is 0. The van der Waals surface area contributed by atoms with Gasteiger partial charge >= 0.3 is 5.97 Å². The lowest BCUT2D eigenvalue weighted by molar-refractivity contribution is -0.152. The molecule has 1 atom stereocenters. The third kappa shape index (κ3) is 4.00. The molecule has 4 saturated carbocycles. The Bertz CT molecular complexity index is 915. The van der Waals surface area contributed by atoms with Gasteiger partial charge in [0.15, 0.2) is 0 Å². The fourth-order valence-corrected chi connectivity index (χ4v) is 6.74. The molecule has 0 unspecified atom stereocenters. The SMILES string of the molecule is COC(=O)[C@@H](Cc1ccc(-c2ccccc2)cc1)NC(=O)C12CC3CC(CC(C3)C1)C2. The fraction of sp³-hybridized carbons (Fsp3) is 0.481. The molecular weight excluding hydrogens is 386 g/mol. The third-order valence-electron chi connectivity index (χ3n) is 7.81. The first-order chi connectivity index (χ1) is 15.0. The van der Waals surface area contributed by atoms with Crippen molar-refractivity contribution in [3.8, 4) is 11.1 Å². The van der Waals surface area contributed by atoms with Crippen molar-refractivity contribution in [1.29, 1.82) is 0 Å². The number of rotatable bonds is 6. The van der Waals surface area contributed by atoms with Gasteiger partial charge in [0.05, 0.1) is 7.11 Å². The lowest BCUT2D eigenvalue weighted by atomic mass is 9.49. The lowest BCUT2D eigenvalue weighted by Gasteiger charge is -2.55. The smallest absolute Gasteiger partial charge is 0.328 e. The summed E-state index contributed by atoms with van der Waals surface area (Å²) in [7, 11) is 1.39. The Balaban J connectivity index is 1.30. The van der Waals surface area contributed by atoms with E-state index in [1.54, 1.807) is 0 Å². The molecule has 4 nitrogen and oxygen atoms in total. The van der Waals surface area contributed by atoms with Crippen LogP contribution in [-0.2, 0) is 20.7 Å². The van der Waals surface area contributed by atoms with E-state index >= 15 is 0 Å². The van der Waals surface area contributed by atoms with E-state index in [0.717, 1.165) is 36.0 Å². The second kappa shape index (κ2) is 8.14. The molecule has 31 heavy (non-hydrogen) atoms. The largest absolute Gasteiger partial charge is 0.467 e. The Morgan fingerprint density at radius 3 is 2.00 bits per heavy atom. The van der Waals surface area contributed by atoms with E-state index in [1.165, 1.54) is 26.4 Å². The van der Waals surface area contributed by atoms with Crippen molar-refractivity contribution in [2.24, 2.45) is 23.2 Å². The number of carbonyl (C=O) groups excluding carboxylic acids is 2. The Labute approximate surface area is 184 Å². The summed E-state index contributed by atoms with van der Waals surface area (Å²) >= 11 is 0. The third-order valence-corrected chi connectivity index (χ3v) is 7.81. The van der Waals surface area contributed by atoms with Crippen LogP contribution in [0.1, 0.15) is 44.1 Å². The minimum Gasteiger partial charge on any atom is -0.467 e. The maximum atomic E-state index is 13.4. The van der Waals surface area contributed by atoms with Crippen LogP contribution in [0.3, 0.4) is 0 Å². The summed E-state index contributed by atoms with van der Waals surface area (Å²) in [5.41, 5.74) is 3.05. The van der Waals surface area contributed by atoms with Gasteiger partial charge in [0.25, 0.3) is 0 Å². The van der Waals surface area contributed by atoms with Crippen molar-refractivity contribution in [1.82, 2.24) is 5.32 Å². The molecular formula is C27H31NO3. The molecule has 4 heteroatoms. The maximum Gasteiger partial charge on any atom is 0.328 e. The van der Waals surface area contributed by atoms with Crippen molar-refractivity contribution in [3.05, 3.63) is 60.2 Å². The summed E-state index contributed by atoms with van der Waals surface area (Å²) < 4.78 is 5.04. The van der Waals surface area contributed by atoms with Crippen molar-refractivity contribution in [3.63, 3.8) is 0 Å². The van der Waals surface area contributed by atoms with Crippen LogP contribution in [0.4, 0.5) is 0 Å². The molecule has 2 aromatic carbocycles. The van der Waals surface area contributed by atoms with E-state index in [-0.39, 0.29) is 17.3 Å². The summed E-state index contributed by atoms with van der Waals surface area (Å²) in [5, 5.41) is 3.11. The molecule has 6 rings (SSSR count). The van der Waals surface area contributed by atoms with Crippen LogP contribution in [-0.4, -0.2) is 25.0 Å². The Morgan fingerprint density at radius 1 is 0.903 bits per heavy atom. The number of nitrogens with one attached hydrogen (secondary N) is 1. The molecule has 0 heterocycles. The summed E-state index contributed by atoms with van der Waals surface area (Å²) in [6.07, 6.45) is 7.29. The maximum absolute atomic E-state index is 13.4. The normalized spacial score (nSPS) is 29.4. The Hall–Kier alpha value is -2.62. The van der Waals surface area contributed by atoms with Crippen LogP contribution in [0.15, 0.2) is 54.6 Å². The molecule has 4 bridgehead atoms. The number of amides is 1. The zero-order valence-electron chi connectivity index (χ0n) is 18.2. The second-order valence-corrected chi connectivity index (χ2v) is 10.0. The van der Waals surface area contributed by atoms with Gasteiger partial charge in [-0.2, -0.15) is 0 Å². The molecule has 4 aliphatic carbocycles. The highest BCUT2D eigenvalue weighted by atomic mass is 16.5. The Kier molecular flexibility index (Phi) is 5.33. The van der Waals surface area contributed by atoms with Crippen LogP contribution in [0.2, 0.25) is 0 Å². The average Bonchev–Trinajstić information content (AvgIpc) is 2.78. The molecule has 162 valence electrons. The second-order valence-electron chi connectivity index (χ2n) is 10.0. The Morgan fingerprint density at radius 2 is 1.45 bits per heavy atom. The van der Waals surface area contributed by atoms with Gasteiger partial charge in [0.2, 0.25) is 5.91 Å². The molecule has 0 aliphatic heterocycles. The molecule has 0 saturated heterocycles. The van der Waals surface area contributed by atoms with E-state index < -0.39 is 6.04 Å². The molecule has 0 radical (unpaired) electrons. The molecule has 1 N–H and O–H groups in total. The van der Waals surface area contributed by atoms with Gasteiger partial charge in [-0.15, -0.1) is 0 Å². The highest BCUT2D eigenvalue weighted by Crippen LogP contribution is 2.60. The topological polar surface area (TPSA) is 55.4 Å². The number of hydrogen-bond donors (Lipinski definition) is 1. The van der Waals surface area contributed by atoms with Gasteiger partial charge in [0, 0.05) is 11.8 Å². The first-order valence-corrected chi connectivity index (χ1v) is 11.6.